The number of furan rings is 1. The Morgan fingerprint density at radius 1 is 1.22 bits per heavy atom. The van der Waals surface area contributed by atoms with Crippen LogP contribution in [0.1, 0.15) is 23.4 Å². The summed E-state index contributed by atoms with van der Waals surface area (Å²) in [5.74, 6) is 1.50. The number of nitrogens with two attached hydrogens (primary N) is 1. The monoisotopic (exact) mass is 311 g/mol. The predicted molar refractivity (Wildman–Crippen MR) is 89.0 cm³/mol. The third-order valence-electron chi connectivity index (χ3n) is 4.97. The summed E-state index contributed by atoms with van der Waals surface area (Å²) >= 11 is 0. The van der Waals surface area contributed by atoms with E-state index in [0.29, 0.717) is 23.1 Å². The highest BCUT2D eigenvalue weighted by molar-refractivity contribution is 5.92. The molecule has 0 aliphatic carbocycles. The third kappa shape index (κ3) is 2.84. The molecule has 1 atom stereocenters. The number of carbonyl (C=O) groups excluding carboxylic acids is 1. The fourth-order valence-corrected chi connectivity index (χ4v) is 3.68. The Hall–Kier alpha value is -2.27. The molecule has 0 radical (unpaired) electrons. The number of benzene rings is 1. The van der Waals surface area contributed by atoms with Gasteiger partial charge in [-0.3, -0.25) is 4.79 Å². The smallest absolute Gasteiger partial charge is 0.287 e. The van der Waals surface area contributed by atoms with Crippen molar-refractivity contribution in [2.75, 3.05) is 25.4 Å². The Labute approximate surface area is 135 Å². The molecule has 3 aliphatic rings. The highest BCUT2D eigenvalue weighted by Crippen LogP contribution is 2.28. The van der Waals surface area contributed by atoms with Gasteiger partial charge in [0, 0.05) is 23.8 Å². The second kappa shape index (κ2) is 5.74. The van der Waals surface area contributed by atoms with Crippen LogP contribution in [0.3, 0.4) is 0 Å². The lowest BCUT2D eigenvalue weighted by molar-refractivity contribution is 0.0606. The molecule has 0 spiro atoms. The first-order valence-electron chi connectivity index (χ1n) is 8.18. The van der Waals surface area contributed by atoms with Crippen LogP contribution in [0.15, 0.2) is 40.8 Å². The van der Waals surface area contributed by atoms with Crippen LogP contribution in [-0.4, -0.2) is 36.5 Å². The summed E-state index contributed by atoms with van der Waals surface area (Å²) in [6, 6.07) is 11.3. The first-order valence-corrected chi connectivity index (χ1v) is 8.18. The molecule has 2 aromatic rings. The van der Waals surface area contributed by atoms with E-state index in [2.05, 4.69) is 10.2 Å². The number of hydrogen-bond donors (Lipinski definition) is 2. The van der Waals surface area contributed by atoms with Gasteiger partial charge in [0.25, 0.3) is 5.91 Å². The number of hydrogen-bond acceptors (Lipinski definition) is 4. The standard InChI is InChI=1S/C18H21N3O2/c19-14-3-1-2-13(10-14)16-4-5-17(23-16)18(22)20-15-11-21-8-6-12(15)7-9-21/h1-5,10,12,15H,6-9,11,19H2,(H,20,22). The minimum atomic E-state index is -0.126. The maximum atomic E-state index is 12.5. The molecule has 1 unspecified atom stereocenters. The molecule has 3 N–H and O–H groups in total. The van der Waals surface area contributed by atoms with Crippen molar-refractivity contribution in [1.29, 1.82) is 0 Å². The molecule has 0 saturated carbocycles. The normalized spacial score (nSPS) is 26.2. The molecule has 1 aromatic heterocycles. The van der Waals surface area contributed by atoms with E-state index in [-0.39, 0.29) is 11.9 Å². The number of piperidine rings is 3. The Bertz CT molecular complexity index is 717. The molecule has 5 nitrogen and oxygen atoms in total. The molecule has 4 heterocycles. The van der Waals surface area contributed by atoms with Crippen LogP contribution in [0, 0.1) is 5.92 Å². The Morgan fingerprint density at radius 3 is 2.74 bits per heavy atom. The largest absolute Gasteiger partial charge is 0.451 e. The van der Waals surface area contributed by atoms with Crippen LogP contribution in [0.25, 0.3) is 11.3 Å². The molecule has 1 amide bonds. The Balaban J connectivity index is 1.47. The van der Waals surface area contributed by atoms with E-state index in [1.165, 1.54) is 12.8 Å². The van der Waals surface area contributed by atoms with Gasteiger partial charge in [0.15, 0.2) is 5.76 Å². The highest BCUT2D eigenvalue weighted by Gasteiger charge is 2.35. The van der Waals surface area contributed by atoms with Gasteiger partial charge in [-0.1, -0.05) is 12.1 Å². The maximum Gasteiger partial charge on any atom is 0.287 e. The van der Waals surface area contributed by atoms with Crippen LogP contribution >= 0.6 is 0 Å². The van der Waals surface area contributed by atoms with Crippen molar-refractivity contribution < 1.29 is 9.21 Å². The van der Waals surface area contributed by atoms with Gasteiger partial charge < -0.3 is 20.4 Å². The van der Waals surface area contributed by atoms with E-state index in [9.17, 15) is 4.79 Å². The van der Waals surface area contributed by atoms with Gasteiger partial charge in [0.2, 0.25) is 0 Å². The summed E-state index contributed by atoms with van der Waals surface area (Å²) in [4.78, 5) is 14.9. The Kier molecular flexibility index (Phi) is 3.58. The highest BCUT2D eigenvalue weighted by atomic mass is 16.3. The molecule has 1 aromatic carbocycles. The summed E-state index contributed by atoms with van der Waals surface area (Å²) in [6.45, 7) is 3.29. The van der Waals surface area contributed by atoms with E-state index >= 15 is 0 Å². The molecular formula is C18H21N3O2. The number of nitrogens with zero attached hydrogens (tertiary/aromatic N) is 1. The summed E-state index contributed by atoms with van der Waals surface area (Å²) in [6.07, 6.45) is 2.36. The van der Waals surface area contributed by atoms with Crippen molar-refractivity contribution in [3.05, 3.63) is 42.2 Å². The van der Waals surface area contributed by atoms with Crippen molar-refractivity contribution in [2.24, 2.45) is 5.92 Å². The SMILES string of the molecule is Nc1cccc(-c2ccc(C(=O)NC3CN4CCC3CC4)o2)c1. The number of nitrogen functional groups attached to an aromatic ring is 1. The average molecular weight is 311 g/mol. The first kappa shape index (κ1) is 14.3. The van der Waals surface area contributed by atoms with Gasteiger partial charge in [-0.2, -0.15) is 0 Å². The summed E-state index contributed by atoms with van der Waals surface area (Å²) in [7, 11) is 0. The lowest BCUT2D eigenvalue weighted by atomic mass is 9.84. The minimum absolute atomic E-state index is 0.126. The van der Waals surface area contributed by atoms with Crippen molar-refractivity contribution in [3.8, 4) is 11.3 Å². The number of anilines is 1. The second-order valence-electron chi connectivity index (χ2n) is 6.51. The molecule has 120 valence electrons. The molecule has 3 fully saturated rings. The zero-order chi connectivity index (χ0) is 15.8. The van der Waals surface area contributed by atoms with Crippen LogP contribution in [0.4, 0.5) is 5.69 Å². The van der Waals surface area contributed by atoms with E-state index in [1.807, 2.05) is 30.3 Å². The molecule has 3 aliphatic heterocycles. The zero-order valence-corrected chi connectivity index (χ0v) is 13.0. The zero-order valence-electron chi connectivity index (χ0n) is 13.0. The lowest BCUT2D eigenvalue weighted by Crippen LogP contribution is -2.57. The summed E-state index contributed by atoms with van der Waals surface area (Å²) < 4.78 is 5.73. The topological polar surface area (TPSA) is 71.5 Å². The number of fused-ring (bicyclic) bond motifs is 3. The molecular weight excluding hydrogens is 290 g/mol. The first-order chi connectivity index (χ1) is 11.2. The molecule has 2 bridgehead atoms. The van der Waals surface area contributed by atoms with E-state index in [1.54, 1.807) is 6.07 Å². The van der Waals surface area contributed by atoms with Gasteiger partial charge in [-0.25, -0.2) is 0 Å². The average Bonchev–Trinajstić information content (AvgIpc) is 3.06. The van der Waals surface area contributed by atoms with Gasteiger partial charge in [0.1, 0.15) is 5.76 Å². The van der Waals surface area contributed by atoms with Gasteiger partial charge in [0.05, 0.1) is 0 Å². The fraction of sp³-hybridized carbons (Fsp3) is 0.389. The van der Waals surface area contributed by atoms with Gasteiger partial charge in [-0.15, -0.1) is 0 Å². The van der Waals surface area contributed by atoms with Crippen molar-refractivity contribution in [3.63, 3.8) is 0 Å². The van der Waals surface area contributed by atoms with E-state index < -0.39 is 0 Å². The van der Waals surface area contributed by atoms with Crippen LogP contribution in [-0.2, 0) is 0 Å². The predicted octanol–water partition coefficient (Wildman–Crippen LogP) is 2.35. The number of carbonyl (C=O) groups is 1. The Morgan fingerprint density at radius 2 is 2.04 bits per heavy atom. The van der Waals surface area contributed by atoms with Crippen LogP contribution < -0.4 is 11.1 Å². The number of amides is 1. The molecule has 5 rings (SSSR count). The summed E-state index contributed by atoms with van der Waals surface area (Å²) in [5, 5.41) is 3.14. The molecule has 23 heavy (non-hydrogen) atoms. The van der Waals surface area contributed by atoms with E-state index in [0.717, 1.165) is 25.2 Å². The van der Waals surface area contributed by atoms with Crippen LogP contribution in [0.5, 0.6) is 0 Å². The molecule has 3 saturated heterocycles. The third-order valence-corrected chi connectivity index (χ3v) is 4.97. The fourth-order valence-electron chi connectivity index (χ4n) is 3.68. The number of rotatable bonds is 3. The van der Waals surface area contributed by atoms with Crippen molar-refractivity contribution >= 4 is 11.6 Å². The van der Waals surface area contributed by atoms with Crippen LogP contribution in [0.2, 0.25) is 0 Å². The van der Waals surface area contributed by atoms with Gasteiger partial charge >= 0.3 is 0 Å². The quantitative estimate of drug-likeness (QED) is 0.854. The van der Waals surface area contributed by atoms with Crippen molar-refractivity contribution in [1.82, 2.24) is 10.2 Å². The molecule has 5 heteroatoms. The van der Waals surface area contributed by atoms with E-state index in [4.69, 9.17) is 10.2 Å². The lowest BCUT2D eigenvalue weighted by Gasteiger charge is -2.44. The summed E-state index contributed by atoms with van der Waals surface area (Å²) in [5.41, 5.74) is 7.35. The maximum absolute atomic E-state index is 12.5. The van der Waals surface area contributed by atoms with Gasteiger partial charge in [-0.05, 0) is 56.1 Å². The number of nitrogens with one attached hydrogen (secondary N) is 1. The second-order valence-corrected chi connectivity index (χ2v) is 6.51. The minimum Gasteiger partial charge on any atom is -0.451 e. The van der Waals surface area contributed by atoms with Crippen molar-refractivity contribution in [2.45, 2.75) is 18.9 Å².